The van der Waals surface area contributed by atoms with E-state index in [0.29, 0.717) is 63.5 Å². The van der Waals surface area contributed by atoms with Crippen LogP contribution in [0, 0.1) is 0 Å². The van der Waals surface area contributed by atoms with Crippen LogP contribution in [0.4, 0.5) is 0 Å². The number of esters is 1. The van der Waals surface area contributed by atoms with E-state index in [2.05, 4.69) is 5.32 Å². The monoisotopic (exact) mass is 533 g/mol. The smallest absolute Gasteiger partial charge is 0.336 e. The molecule has 0 saturated carbocycles. The Balaban J connectivity index is 1.74. The largest absolute Gasteiger partial charge is 0.460 e. The van der Waals surface area contributed by atoms with Gasteiger partial charge in [0.15, 0.2) is 5.78 Å². The number of ether oxygens (including phenoxy) is 2. The Bertz CT molecular complexity index is 1200. The van der Waals surface area contributed by atoms with Crippen LogP contribution in [0.25, 0.3) is 0 Å². The van der Waals surface area contributed by atoms with Crippen molar-refractivity contribution in [2.45, 2.75) is 38.5 Å². The van der Waals surface area contributed by atoms with Crippen LogP contribution in [0.2, 0.25) is 15.1 Å². The summed E-state index contributed by atoms with van der Waals surface area (Å²) in [6.45, 7) is 4.63. The molecular formula is C27H26Cl3NO4. The first-order valence-corrected chi connectivity index (χ1v) is 12.6. The fraction of sp³-hybridized carbons (Fsp3) is 0.333. The molecule has 0 aromatic heterocycles. The number of dihydropyridines is 1. The summed E-state index contributed by atoms with van der Waals surface area (Å²) in [4.78, 5) is 26.9. The first-order valence-electron chi connectivity index (χ1n) is 11.5. The molecule has 1 heterocycles. The lowest BCUT2D eigenvalue weighted by Gasteiger charge is -2.37. The minimum absolute atomic E-state index is 0.000138. The van der Waals surface area contributed by atoms with Gasteiger partial charge in [0.05, 0.1) is 12.2 Å². The molecule has 184 valence electrons. The van der Waals surface area contributed by atoms with Gasteiger partial charge in [-0.25, -0.2) is 4.79 Å². The number of ketones is 1. The molecule has 1 aliphatic carbocycles. The third kappa shape index (κ3) is 5.59. The van der Waals surface area contributed by atoms with Crippen LogP contribution in [-0.4, -0.2) is 31.6 Å². The molecule has 0 fully saturated rings. The summed E-state index contributed by atoms with van der Waals surface area (Å²) in [5.74, 6) is -1.21. The lowest BCUT2D eigenvalue weighted by atomic mass is 9.71. The predicted octanol–water partition coefficient (Wildman–Crippen LogP) is 6.59. The number of nitrogens with one attached hydrogen (secondary N) is 1. The minimum Gasteiger partial charge on any atom is -0.460 e. The second-order valence-corrected chi connectivity index (χ2v) is 9.85. The van der Waals surface area contributed by atoms with Crippen LogP contribution < -0.4 is 5.32 Å². The SMILES string of the molecule is CCOCCOC(=O)C1=C(C)NC2=C(C(=O)C[C@H](c3ccc(Cl)cc3)C2)[C@@H]1c1ccc(Cl)cc1Cl. The van der Waals surface area contributed by atoms with Crippen LogP contribution in [0.5, 0.6) is 0 Å². The second-order valence-electron chi connectivity index (χ2n) is 8.57. The van der Waals surface area contributed by atoms with Crippen molar-refractivity contribution < 1.29 is 19.1 Å². The Labute approximate surface area is 220 Å². The number of carbonyl (C=O) groups excluding carboxylic acids is 2. The topological polar surface area (TPSA) is 64.6 Å². The molecule has 2 aliphatic rings. The van der Waals surface area contributed by atoms with E-state index in [4.69, 9.17) is 44.3 Å². The molecular weight excluding hydrogens is 509 g/mol. The van der Waals surface area contributed by atoms with Crippen LogP contribution in [0.15, 0.2) is 65.0 Å². The van der Waals surface area contributed by atoms with Crippen molar-refractivity contribution in [1.29, 1.82) is 0 Å². The van der Waals surface area contributed by atoms with E-state index < -0.39 is 11.9 Å². The summed E-state index contributed by atoms with van der Waals surface area (Å²) in [5, 5.41) is 4.84. The van der Waals surface area contributed by atoms with Gasteiger partial charge >= 0.3 is 5.97 Å². The quantitative estimate of drug-likeness (QED) is 0.321. The fourth-order valence-electron chi connectivity index (χ4n) is 4.74. The molecule has 4 rings (SSSR count). The molecule has 2 aromatic carbocycles. The van der Waals surface area contributed by atoms with E-state index in [0.717, 1.165) is 11.3 Å². The molecule has 35 heavy (non-hydrogen) atoms. The summed E-state index contributed by atoms with van der Waals surface area (Å²) >= 11 is 18.8. The number of halogens is 3. The highest BCUT2D eigenvalue weighted by atomic mass is 35.5. The Hall–Kier alpha value is -2.31. The lowest BCUT2D eigenvalue weighted by molar-refractivity contribution is -0.140. The first kappa shape index (κ1) is 25.8. The van der Waals surface area contributed by atoms with Crippen molar-refractivity contribution in [3.05, 3.63) is 91.2 Å². The van der Waals surface area contributed by atoms with Gasteiger partial charge in [-0.2, -0.15) is 0 Å². The Morgan fingerprint density at radius 2 is 1.74 bits per heavy atom. The summed E-state index contributed by atoms with van der Waals surface area (Å²) in [6, 6.07) is 12.7. The molecule has 2 aromatic rings. The van der Waals surface area contributed by atoms with Crippen LogP contribution in [-0.2, 0) is 19.1 Å². The Morgan fingerprint density at radius 1 is 1.03 bits per heavy atom. The van der Waals surface area contributed by atoms with E-state index in [1.54, 1.807) is 18.2 Å². The summed E-state index contributed by atoms with van der Waals surface area (Å²) in [7, 11) is 0. The number of benzene rings is 2. The Morgan fingerprint density at radius 3 is 2.43 bits per heavy atom. The maximum Gasteiger partial charge on any atom is 0.336 e. The van der Waals surface area contributed by atoms with Crippen molar-refractivity contribution in [2.24, 2.45) is 0 Å². The fourth-order valence-corrected chi connectivity index (χ4v) is 5.39. The number of rotatable bonds is 7. The van der Waals surface area contributed by atoms with Gasteiger partial charge in [0.25, 0.3) is 0 Å². The van der Waals surface area contributed by atoms with Crippen LogP contribution in [0.1, 0.15) is 49.7 Å². The maximum absolute atomic E-state index is 13.6. The van der Waals surface area contributed by atoms with Crippen molar-refractivity contribution >= 4 is 46.6 Å². The number of Topliss-reactive ketones (excluding diaryl/α,β-unsaturated/α-hetero) is 1. The van der Waals surface area contributed by atoms with Crippen molar-refractivity contribution in [2.75, 3.05) is 19.8 Å². The van der Waals surface area contributed by atoms with Gasteiger partial charge in [-0.15, -0.1) is 0 Å². The van der Waals surface area contributed by atoms with Crippen LogP contribution in [0.3, 0.4) is 0 Å². The Kier molecular flexibility index (Phi) is 8.23. The highest BCUT2D eigenvalue weighted by Crippen LogP contribution is 2.47. The number of allylic oxidation sites excluding steroid dienone is 3. The maximum atomic E-state index is 13.6. The summed E-state index contributed by atoms with van der Waals surface area (Å²) < 4.78 is 10.8. The molecule has 1 aliphatic heterocycles. The van der Waals surface area contributed by atoms with Crippen LogP contribution >= 0.6 is 34.8 Å². The predicted molar refractivity (Wildman–Crippen MR) is 138 cm³/mol. The standard InChI is InChI=1S/C27H26Cl3NO4/c1-3-34-10-11-35-27(33)24-15(2)31-22-12-17(16-4-6-18(28)7-5-16)13-23(32)26(22)25(24)20-9-8-19(29)14-21(20)30/h4-9,14,17,25,31H,3,10-13H2,1-2H3/t17-,25-/m1/s1. The third-order valence-corrected chi connectivity index (χ3v) is 7.14. The summed E-state index contributed by atoms with van der Waals surface area (Å²) in [5.41, 5.74) is 4.01. The molecule has 0 unspecified atom stereocenters. The van der Waals surface area contributed by atoms with Gasteiger partial charge in [0.2, 0.25) is 0 Å². The van der Waals surface area contributed by atoms with E-state index in [9.17, 15) is 9.59 Å². The highest BCUT2D eigenvalue weighted by molar-refractivity contribution is 6.35. The summed E-state index contributed by atoms with van der Waals surface area (Å²) in [6.07, 6.45) is 0.935. The number of hydrogen-bond acceptors (Lipinski definition) is 5. The zero-order valence-electron chi connectivity index (χ0n) is 19.5. The number of carbonyl (C=O) groups is 2. The van der Waals surface area contributed by atoms with Crippen molar-refractivity contribution in [1.82, 2.24) is 5.32 Å². The molecule has 0 radical (unpaired) electrons. The highest BCUT2D eigenvalue weighted by Gasteiger charge is 2.42. The van der Waals surface area contributed by atoms with E-state index in [1.165, 1.54) is 0 Å². The molecule has 0 saturated heterocycles. The van der Waals surface area contributed by atoms with E-state index in [-0.39, 0.29) is 18.3 Å². The van der Waals surface area contributed by atoms with Gasteiger partial charge in [0, 0.05) is 51.0 Å². The molecule has 0 spiro atoms. The zero-order chi connectivity index (χ0) is 25.1. The lowest BCUT2D eigenvalue weighted by Crippen LogP contribution is -2.36. The van der Waals surface area contributed by atoms with E-state index >= 15 is 0 Å². The van der Waals surface area contributed by atoms with Gasteiger partial charge in [0.1, 0.15) is 6.61 Å². The third-order valence-electron chi connectivity index (χ3n) is 6.33. The molecule has 8 heteroatoms. The van der Waals surface area contributed by atoms with E-state index in [1.807, 2.05) is 38.1 Å². The van der Waals surface area contributed by atoms with Gasteiger partial charge in [-0.05, 0) is 61.6 Å². The normalized spacial score (nSPS) is 20.0. The van der Waals surface area contributed by atoms with Crippen molar-refractivity contribution in [3.8, 4) is 0 Å². The molecule has 0 bridgehead atoms. The average molecular weight is 535 g/mol. The first-order chi connectivity index (χ1) is 16.8. The zero-order valence-corrected chi connectivity index (χ0v) is 21.8. The molecule has 1 N–H and O–H groups in total. The van der Waals surface area contributed by atoms with Gasteiger partial charge in [-0.3, -0.25) is 4.79 Å². The molecule has 2 atom stereocenters. The average Bonchev–Trinajstić information content (AvgIpc) is 2.81. The van der Waals surface area contributed by atoms with Crippen molar-refractivity contribution in [3.63, 3.8) is 0 Å². The second kappa shape index (κ2) is 11.2. The van der Waals surface area contributed by atoms with Gasteiger partial charge in [-0.1, -0.05) is 53.0 Å². The molecule has 5 nitrogen and oxygen atoms in total. The number of hydrogen-bond donors (Lipinski definition) is 1. The minimum atomic E-state index is -0.658. The molecule has 0 amide bonds. The van der Waals surface area contributed by atoms with Gasteiger partial charge < -0.3 is 14.8 Å².